The van der Waals surface area contributed by atoms with Gasteiger partial charge in [0.1, 0.15) is 0 Å². The number of nitrogens with zero attached hydrogens (tertiary/aromatic N) is 2. The average Bonchev–Trinajstić information content (AvgIpc) is 2.87. The summed E-state index contributed by atoms with van der Waals surface area (Å²) in [7, 11) is 1.68. The van der Waals surface area contributed by atoms with Gasteiger partial charge in [-0.05, 0) is 19.0 Å². The van der Waals surface area contributed by atoms with Crippen LogP contribution in [0.5, 0.6) is 5.75 Å². The van der Waals surface area contributed by atoms with Crippen LogP contribution in [0.1, 0.15) is 24.1 Å². The van der Waals surface area contributed by atoms with Gasteiger partial charge in [-0.15, -0.1) is 0 Å². The van der Waals surface area contributed by atoms with Crippen LogP contribution < -0.4 is 10.5 Å². The highest BCUT2D eigenvalue weighted by Gasteiger charge is 2.17. The van der Waals surface area contributed by atoms with E-state index in [0.29, 0.717) is 6.54 Å². The molecule has 1 heterocycles. The second kappa shape index (κ2) is 6.38. The monoisotopic (exact) mass is 259 g/mol. The first-order chi connectivity index (χ1) is 9.30. The number of methoxy groups -OCH3 is 1. The Bertz CT molecular complexity index is 486. The number of aryl methyl sites for hydroxylation is 1. The van der Waals surface area contributed by atoms with Crippen molar-refractivity contribution in [1.82, 2.24) is 9.78 Å². The smallest absolute Gasteiger partial charge is 0.159 e. The van der Waals surface area contributed by atoms with Crippen molar-refractivity contribution in [2.75, 3.05) is 13.7 Å². The predicted molar refractivity (Wildman–Crippen MR) is 76.4 cm³/mol. The molecule has 0 bridgehead atoms. The number of hydrogen-bond acceptors (Lipinski definition) is 3. The molecule has 0 saturated heterocycles. The molecule has 0 spiro atoms. The number of rotatable bonds is 6. The van der Waals surface area contributed by atoms with Crippen molar-refractivity contribution in [3.05, 3.63) is 47.8 Å². The molecule has 1 aromatic heterocycles. The van der Waals surface area contributed by atoms with Gasteiger partial charge < -0.3 is 10.5 Å². The minimum Gasteiger partial charge on any atom is -0.493 e. The highest BCUT2D eigenvalue weighted by molar-refractivity contribution is 5.29. The van der Waals surface area contributed by atoms with E-state index in [0.717, 1.165) is 24.4 Å². The van der Waals surface area contributed by atoms with E-state index in [9.17, 15) is 0 Å². The third-order valence-electron chi connectivity index (χ3n) is 3.43. The molecule has 2 N–H and O–H groups in total. The summed E-state index contributed by atoms with van der Waals surface area (Å²) < 4.78 is 7.36. The zero-order valence-corrected chi connectivity index (χ0v) is 11.5. The van der Waals surface area contributed by atoms with E-state index < -0.39 is 0 Å². The van der Waals surface area contributed by atoms with Gasteiger partial charge in [0.05, 0.1) is 19.0 Å². The Morgan fingerprint density at radius 1 is 1.32 bits per heavy atom. The molecular weight excluding hydrogens is 238 g/mol. The van der Waals surface area contributed by atoms with Crippen LogP contribution in [0.3, 0.4) is 0 Å². The van der Waals surface area contributed by atoms with Crippen LogP contribution in [-0.4, -0.2) is 23.4 Å². The zero-order chi connectivity index (χ0) is 13.7. The third-order valence-corrected chi connectivity index (χ3v) is 3.43. The molecule has 4 heteroatoms. The number of nitrogens with two attached hydrogens (primary N) is 1. The Morgan fingerprint density at radius 3 is 2.63 bits per heavy atom. The minimum atomic E-state index is 0.289. The third kappa shape index (κ3) is 2.96. The first-order valence-corrected chi connectivity index (χ1v) is 6.63. The Labute approximate surface area is 114 Å². The Balaban J connectivity index is 2.25. The second-order valence-electron chi connectivity index (χ2n) is 4.52. The van der Waals surface area contributed by atoms with Crippen molar-refractivity contribution in [2.45, 2.75) is 25.8 Å². The van der Waals surface area contributed by atoms with E-state index in [2.05, 4.69) is 24.2 Å². The summed E-state index contributed by atoms with van der Waals surface area (Å²) in [5.74, 6) is 1.13. The standard InChI is InChI=1S/C15H21N3O/c1-3-18-14(15(19-2)11-17-18)9-13(10-16)12-7-5-4-6-8-12/h4-8,11,13H,3,9-10,16H2,1-2H3. The summed E-state index contributed by atoms with van der Waals surface area (Å²) in [6.45, 7) is 3.53. The molecule has 1 unspecified atom stereocenters. The van der Waals surface area contributed by atoms with E-state index in [1.165, 1.54) is 5.56 Å². The van der Waals surface area contributed by atoms with Crippen LogP contribution in [0, 0.1) is 0 Å². The first-order valence-electron chi connectivity index (χ1n) is 6.63. The van der Waals surface area contributed by atoms with Gasteiger partial charge in [-0.3, -0.25) is 4.68 Å². The van der Waals surface area contributed by atoms with Crippen molar-refractivity contribution >= 4 is 0 Å². The van der Waals surface area contributed by atoms with Gasteiger partial charge >= 0.3 is 0 Å². The fourth-order valence-corrected chi connectivity index (χ4v) is 2.34. The minimum absolute atomic E-state index is 0.289. The normalized spacial score (nSPS) is 12.4. The number of hydrogen-bond donors (Lipinski definition) is 1. The molecule has 0 aliphatic carbocycles. The maximum absolute atomic E-state index is 5.93. The topological polar surface area (TPSA) is 53.1 Å². The first kappa shape index (κ1) is 13.6. The number of aromatic nitrogens is 2. The van der Waals surface area contributed by atoms with Gasteiger partial charge in [0, 0.05) is 18.9 Å². The van der Waals surface area contributed by atoms with Crippen LogP contribution in [0.4, 0.5) is 0 Å². The van der Waals surface area contributed by atoms with Gasteiger partial charge in [-0.25, -0.2) is 0 Å². The summed E-state index contributed by atoms with van der Waals surface area (Å²) in [6.07, 6.45) is 2.62. The Morgan fingerprint density at radius 2 is 2.05 bits per heavy atom. The lowest BCUT2D eigenvalue weighted by Crippen LogP contribution is -2.17. The van der Waals surface area contributed by atoms with Crippen LogP contribution in [0.2, 0.25) is 0 Å². The Kier molecular flexibility index (Phi) is 4.58. The van der Waals surface area contributed by atoms with Gasteiger partial charge in [0.15, 0.2) is 5.75 Å². The van der Waals surface area contributed by atoms with Crippen molar-refractivity contribution < 1.29 is 4.74 Å². The molecule has 2 aromatic rings. The van der Waals surface area contributed by atoms with E-state index in [1.54, 1.807) is 13.3 Å². The molecule has 0 saturated carbocycles. The zero-order valence-electron chi connectivity index (χ0n) is 11.5. The van der Waals surface area contributed by atoms with E-state index in [-0.39, 0.29) is 5.92 Å². The molecule has 0 aliphatic rings. The second-order valence-corrected chi connectivity index (χ2v) is 4.52. The van der Waals surface area contributed by atoms with Crippen LogP contribution in [0.25, 0.3) is 0 Å². The quantitative estimate of drug-likeness (QED) is 0.865. The highest BCUT2D eigenvalue weighted by atomic mass is 16.5. The van der Waals surface area contributed by atoms with E-state index in [4.69, 9.17) is 10.5 Å². The number of ether oxygens (including phenoxy) is 1. The lowest BCUT2D eigenvalue weighted by atomic mass is 9.94. The SMILES string of the molecule is CCn1ncc(OC)c1CC(CN)c1ccccc1. The summed E-state index contributed by atoms with van der Waals surface area (Å²) >= 11 is 0. The maximum Gasteiger partial charge on any atom is 0.159 e. The summed E-state index contributed by atoms with van der Waals surface area (Å²) in [5, 5.41) is 4.34. The lowest BCUT2D eigenvalue weighted by Gasteiger charge is -2.16. The molecule has 0 radical (unpaired) electrons. The fourth-order valence-electron chi connectivity index (χ4n) is 2.34. The lowest BCUT2D eigenvalue weighted by molar-refractivity contribution is 0.405. The summed E-state index contributed by atoms with van der Waals surface area (Å²) in [5.41, 5.74) is 8.31. The molecule has 19 heavy (non-hydrogen) atoms. The van der Waals surface area contributed by atoms with Crippen molar-refractivity contribution in [3.63, 3.8) is 0 Å². The molecule has 1 aromatic carbocycles. The van der Waals surface area contributed by atoms with E-state index >= 15 is 0 Å². The van der Waals surface area contributed by atoms with Crippen molar-refractivity contribution in [2.24, 2.45) is 5.73 Å². The largest absolute Gasteiger partial charge is 0.493 e. The van der Waals surface area contributed by atoms with Crippen LogP contribution in [-0.2, 0) is 13.0 Å². The molecule has 102 valence electrons. The number of benzene rings is 1. The van der Waals surface area contributed by atoms with Gasteiger partial charge in [0.25, 0.3) is 0 Å². The van der Waals surface area contributed by atoms with Crippen molar-refractivity contribution in [3.8, 4) is 5.75 Å². The molecule has 2 rings (SSSR count). The maximum atomic E-state index is 5.93. The predicted octanol–water partition coefficient (Wildman–Crippen LogP) is 2.20. The summed E-state index contributed by atoms with van der Waals surface area (Å²) in [4.78, 5) is 0. The molecule has 4 nitrogen and oxygen atoms in total. The average molecular weight is 259 g/mol. The molecule has 1 atom stereocenters. The molecular formula is C15H21N3O. The molecule has 0 fully saturated rings. The van der Waals surface area contributed by atoms with Gasteiger partial charge in [-0.1, -0.05) is 30.3 Å². The summed E-state index contributed by atoms with van der Waals surface area (Å²) in [6, 6.07) is 10.4. The molecule has 0 amide bonds. The van der Waals surface area contributed by atoms with Crippen molar-refractivity contribution in [1.29, 1.82) is 0 Å². The van der Waals surface area contributed by atoms with Gasteiger partial charge in [0.2, 0.25) is 0 Å². The highest BCUT2D eigenvalue weighted by Crippen LogP contribution is 2.25. The fraction of sp³-hybridized carbons (Fsp3) is 0.400. The Hall–Kier alpha value is -1.81. The van der Waals surface area contributed by atoms with Crippen LogP contribution in [0.15, 0.2) is 36.5 Å². The van der Waals surface area contributed by atoms with Crippen LogP contribution >= 0.6 is 0 Å². The van der Waals surface area contributed by atoms with E-state index in [1.807, 2.05) is 22.9 Å². The van der Waals surface area contributed by atoms with Gasteiger partial charge in [-0.2, -0.15) is 5.10 Å². The molecule has 0 aliphatic heterocycles.